The molecule has 0 aliphatic carbocycles. The monoisotopic (exact) mass is 532 g/mol. The maximum atomic E-state index is 13.9. The number of hydrogen-bond donors (Lipinski definition) is 5. The Labute approximate surface area is 223 Å². The molecule has 2 aromatic carbocycles. The summed E-state index contributed by atoms with van der Waals surface area (Å²) in [7, 11) is 0. The Kier molecular flexibility index (Phi) is 8.56. The molecule has 0 aliphatic rings. The van der Waals surface area contributed by atoms with Gasteiger partial charge >= 0.3 is 0 Å². The van der Waals surface area contributed by atoms with Crippen LogP contribution in [-0.2, 0) is 11.3 Å². The largest absolute Gasteiger partial charge is 0.492 e. The molecule has 0 atom stereocenters. The minimum absolute atomic E-state index is 0.130. The van der Waals surface area contributed by atoms with Crippen LogP contribution in [0.2, 0.25) is 0 Å². The molecule has 3 aromatic heterocycles. The number of anilines is 1. The van der Waals surface area contributed by atoms with E-state index in [-0.39, 0.29) is 11.7 Å². The topological polar surface area (TPSA) is 146 Å². The van der Waals surface area contributed by atoms with Gasteiger partial charge < -0.3 is 25.2 Å². The molecule has 0 aliphatic heterocycles. The van der Waals surface area contributed by atoms with Crippen molar-refractivity contribution in [3.05, 3.63) is 72.6 Å². The third-order valence-corrected chi connectivity index (χ3v) is 5.96. The zero-order valence-electron chi connectivity index (χ0n) is 21.2. The van der Waals surface area contributed by atoms with Crippen molar-refractivity contribution in [2.45, 2.75) is 19.4 Å². The lowest BCUT2D eigenvalue weighted by atomic mass is 10.0. The predicted octanol–water partition coefficient (Wildman–Crippen LogP) is 4.38. The van der Waals surface area contributed by atoms with Gasteiger partial charge in [0, 0.05) is 48.5 Å². The molecule has 0 bridgehead atoms. The summed E-state index contributed by atoms with van der Waals surface area (Å²) in [6.07, 6.45) is 8.36. The Bertz CT molecular complexity index is 1490. The van der Waals surface area contributed by atoms with Crippen LogP contribution in [0.4, 0.5) is 10.1 Å². The first-order valence-corrected chi connectivity index (χ1v) is 12.6. The molecule has 12 heteroatoms. The Hall–Kier alpha value is -4.55. The molecule has 0 amide bonds. The van der Waals surface area contributed by atoms with E-state index in [2.05, 4.69) is 41.2 Å². The van der Waals surface area contributed by atoms with Crippen LogP contribution in [0.25, 0.3) is 22.0 Å². The molecule has 202 valence electrons. The van der Waals surface area contributed by atoms with Crippen molar-refractivity contribution < 1.29 is 19.0 Å². The van der Waals surface area contributed by atoms with Crippen LogP contribution in [0.15, 0.2) is 61.2 Å². The standard InChI is InChI=1S/C27H29FN8O3/c28-21-7-18(8-22(12-21)39-23-15-31-32-16-23)13-29-3-1-2-5-38-6-4-30-25-9-19(10-26-24(25)17-34-35-26)20-11-27(37)36-33-14-20/h7-12,14-17,29-30H,1-6,13H2,(H,31,32)(H,34,35)(H,36,37). The first-order valence-electron chi connectivity index (χ1n) is 12.6. The second-order valence-corrected chi connectivity index (χ2v) is 8.91. The van der Waals surface area contributed by atoms with Crippen LogP contribution in [0.3, 0.4) is 0 Å². The van der Waals surface area contributed by atoms with Gasteiger partial charge in [-0.05, 0) is 54.8 Å². The number of unbranched alkanes of at least 4 members (excludes halogenated alkanes) is 1. The summed E-state index contributed by atoms with van der Waals surface area (Å²) in [5.41, 5.74) is 4.24. The number of rotatable bonds is 14. The molecule has 11 nitrogen and oxygen atoms in total. The maximum Gasteiger partial charge on any atom is 0.231 e. The lowest BCUT2D eigenvalue weighted by Crippen LogP contribution is -2.16. The van der Waals surface area contributed by atoms with Crippen molar-refractivity contribution in [1.82, 2.24) is 35.9 Å². The molecule has 0 radical (unpaired) electrons. The van der Waals surface area contributed by atoms with Crippen molar-refractivity contribution in [3.63, 3.8) is 0 Å². The third kappa shape index (κ3) is 7.27. The Balaban J connectivity index is 0.996. The highest BCUT2D eigenvalue weighted by atomic mass is 19.1. The van der Waals surface area contributed by atoms with E-state index in [4.69, 9.17) is 9.47 Å². The normalized spacial score (nSPS) is 11.2. The smallest absolute Gasteiger partial charge is 0.231 e. The van der Waals surface area contributed by atoms with Gasteiger partial charge in [0.25, 0.3) is 0 Å². The van der Waals surface area contributed by atoms with Crippen LogP contribution in [-0.4, -0.2) is 62.0 Å². The minimum atomic E-state index is -0.344. The van der Waals surface area contributed by atoms with Gasteiger partial charge in [-0.3, -0.25) is 10.2 Å². The van der Waals surface area contributed by atoms with Crippen molar-refractivity contribution in [3.8, 4) is 28.5 Å². The lowest BCUT2D eigenvalue weighted by Gasteiger charge is -2.11. The van der Waals surface area contributed by atoms with Crippen LogP contribution in [0, 0.1) is 5.82 Å². The number of halogens is 1. The molecule has 39 heavy (non-hydrogen) atoms. The number of benzene rings is 2. The number of nitrogens with zero attached hydrogens (tertiary/aromatic N) is 4. The number of aromatic nitrogens is 6. The molecule has 0 unspecified atom stereocenters. The fraction of sp³-hybridized carbons (Fsp3) is 0.259. The van der Waals surface area contributed by atoms with Crippen molar-refractivity contribution in [1.29, 1.82) is 0 Å². The van der Waals surface area contributed by atoms with Crippen LogP contribution in [0.5, 0.6) is 17.4 Å². The maximum absolute atomic E-state index is 13.9. The van der Waals surface area contributed by atoms with Crippen molar-refractivity contribution in [2.75, 3.05) is 31.6 Å². The molecular formula is C27H29FN8O3. The van der Waals surface area contributed by atoms with Crippen molar-refractivity contribution >= 4 is 16.6 Å². The molecule has 0 saturated heterocycles. The molecule has 3 heterocycles. The van der Waals surface area contributed by atoms with Gasteiger partial charge in [-0.2, -0.15) is 15.3 Å². The van der Waals surface area contributed by atoms with E-state index in [9.17, 15) is 9.50 Å². The molecule has 0 saturated carbocycles. The number of fused-ring (bicyclic) bond motifs is 1. The number of H-pyrrole nitrogens is 2. The summed E-state index contributed by atoms with van der Waals surface area (Å²) in [6.45, 7) is 3.17. The average Bonchev–Trinajstić information content (AvgIpc) is 3.61. The molecular weight excluding hydrogens is 503 g/mol. The van der Waals surface area contributed by atoms with Gasteiger partial charge in [-0.15, -0.1) is 5.10 Å². The van der Waals surface area contributed by atoms with E-state index < -0.39 is 0 Å². The summed E-state index contributed by atoms with van der Waals surface area (Å²) < 4.78 is 25.3. The summed E-state index contributed by atoms with van der Waals surface area (Å²) in [4.78, 5) is 0. The molecule has 0 fully saturated rings. The Morgan fingerprint density at radius 2 is 1.85 bits per heavy atom. The Morgan fingerprint density at radius 1 is 0.897 bits per heavy atom. The highest BCUT2D eigenvalue weighted by Crippen LogP contribution is 2.30. The lowest BCUT2D eigenvalue weighted by molar-refractivity contribution is 0.140. The first-order chi connectivity index (χ1) is 19.1. The number of hydrogen-bond acceptors (Lipinski definition) is 9. The Morgan fingerprint density at radius 3 is 2.72 bits per heavy atom. The fourth-order valence-corrected chi connectivity index (χ4v) is 4.14. The number of aromatic hydroxyl groups is 1. The van der Waals surface area contributed by atoms with E-state index in [1.165, 1.54) is 18.3 Å². The second-order valence-electron chi connectivity index (χ2n) is 8.91. The molecule has 0 spiro atoms. The number of aromatic amines is 2. The SMILES string of the molecule is Oc1cc(-c2cc(NCCOCCCCNCc3cc(F)cc(Oc4cn[nH]c4)c3)c3cn[nH]c3c2)cnn1. The minimum Gasteiger partial charge on any atom is -0.492 e. The van der Waals surface area contributed by atoms with Crippen LogP contribution in [0.1, 0.15) is 18.4 Å². The highest BCUT2D eigenvalue weighted by Gasteiger charge is 2.09. The van der Waals surface area contributed by atoms with E-state index >= 15 is 0 Å². The van der Waals surface area contributed by atoms with Crippen molar-refractivity contribution in [2.24, 2.45) is 0 Å². The first kappa shape index (κ1) is 26.1. The average molecular weight is 533 g/mol. The van der Waals surface area contributed by atoms with Crippen LogP contribution < -0.4 is 15.4 Å². The molecule has 5 N–H and O–H groups in total. The summed E-state index contributed by atoms with van der Waals surface area (Å²) >= 11 is 0. The quantitative estimate of drug-likeness (QED) is 0.132. The summed E-state index contributed by atoms with van der Waals surface area (Å²) in [5, 5.41) is 38.4. The van der Waals surface area contributed by atoms with Gasteiger partial charge in [-0.25, -0.2) is 4.39 Å². The number of ether oxygens (including phenoxy) is 2. The van der Waals surface area contributed by atoms with Gasteiger partial charge in [0.05, 0.1) is 36.9 Å². The van der Waals surface area contributed by atoms with E-state index in [0.29, 0.717) is 37.8 Å². The zero-order chi connectivity index (χ0) is 26.9. The molecule has 5 rings (SSSR count). The van der Waals surface area contributed by atoms with E-state index in [1.807, 2.05) is 18.2 Å². The second kappa shape index (κ2) is 12.8. The summed E-state index contributed by atoms with van der Waals surface area (Å²) in [5.74, 6) is 0.490. The van der Waals surface area contributed by atoms with Gasteiger partial charge in [0.15, 0.2) is 5.75 Å². The number of nitrogens with one attached hydrogen (secondary N) is 4. The van der Waals surface area contributed by atoms with Gasteiger partial charge in [-0.1, -0.05) is 0 Å². The predicted molar refractivity (Wildman–Crippen MR) is 144 cm³/mol. The zero-order valence-corrected chi connectivity index (χ0v) is 21.2. The van der Waals surface area contributed by atoms with E-state index in [0.717, 1.165) is 52.7 Å². The highest BCUT2D eigenvalue weighted by molar-refractivity contribution is 5.95. The van der Waals surface area contributed by atoms with E-state index in [1.54, 1.807) is 24.7 Å². The van der Waals surface area contributed by atoms with Gasteiger partial charge in [0.1, 0.15) is 11.6 Å². The fourth-order valence-electron chi connectivity index (χ4n) is 4.14. The summed E-state index contributed by atoms with van der Waals surface area (Å²) in [6, 6.07) is 10.2. The van der Waals surface area contributed by atoms with Crippen LogP contribution >= 0.6 is 0 Å². The third-order valence-electron chi connectivity index (χ3n) is 5.96. The molecule has 5 aromatic rings. The van der Waals surface area contributed by atoms with Gasteiger partial charge in [0.2, 0.25) is 5.88 Å².